The molecule has 0 aliphatic carbocycles. The Hall–Kier alpha value is -4.14. The minimum atomic E-state index is 0.119. The summed E-state index contributed by atoms with van der Waals surface area (Å²) in [6.07, 6.45) is 1.96. The average molecular weight is 511 g/mol. The van der Waals surface area contributed by atoms with E-state index in [0.717, 1.165) is 18.6 Å². The van der Waals surface area contributed by atoms with Gasteiger partial charge in [-0.05, 0) is 52.9 Å². The van der Waals surface area contributed by atoms with E-state index in [2.05, 4.69) is 134 Å². The number of rotatable bonds is 8. The van der Waals surface area contributed by atoms with Crippen molar-refractivity contribution in [2.24, 2.45) is 0 Å². The fourth-order valence-electron chi connectivity index (χ4n) is 5.09. The van der Waals surface area contributed by atoms with Gasteiger partial charge in [0, 0.05) is 33.4 Å². The molecule has 0 bridgehead atoms. The molecule has 0 saturated heterocycles. The van der Waals surface area contributed by atoms with Crippen LogP contribution in [-0.4, -0.2) is 6.10 Å². The van der Waals surface area contributed by atoms with Crippen LogP contribution in [0, 0.1) is 0 Å². The zero-order valence-corrected chi connectivity index (χ0v) is 22.3. The highest BCUT2D eigenvalue weighted by molar-refractivity contribution is 7.19. The second-order valence-corrected chi connectivity index (χ2v) is 10.9. The van der Waals surface area contributed by atoms with Crippen LogP contribution in [0.15, 0.2) is 133 Å². The Bertz CT molecular complexity index is 1620. The summed E-state index contributed by atoms with van der Waals surface area (Å²) in [5.41, 5.74) is 7.67. The monoisotopic (exact) mass is 510 g/mol. The highest BCUT2D eigenvalue weighted by atomic mass is 32.1. The van der Waals surface area contributed by atoms with E-state index in [9.17, 15) is 0 Å². The first kappa shape index (κ1) is 24.2. The smallest absolute Gasteiger partial charge is 0.119 e. The summed E-state index contributed by atoms with van der Waals surface area (Å²) in [5, 5.41) is 1.34. The number of benzene rings is 5. The van der Waals surface area contributed by atoms with E-state index in [4.69, 9.17) is 4.74 Å². The molecule has 0 aliphatic rings. The van der Waals surface area contributed by atoms with Crippen molar-refractivity contribution in [2.75, 3.05) is 0 Å². The van der Waals surface area contributed by atoms with Gasteiger partial charge in [0.15, 0.2) is 0 Å². The van der Waals surface area contributed by atoms with Gasteiger partial charge in [-0.25, -0.2) is 0 Å². The van der Waals surface area contributed by atoms with Crippen molar-refractivity contribution in [3.05, 3.63) is 149 Å². The molecule has 6 rings (SSSR count). The SMILES string of the molecule is CC(Cc1ccccc1)Oc1ccc(-c2ccc(-c3c(Cc4ccccc4)sc4ccccc34)cc2)cc1. The molecule has 0 N–H and O–H groups in total. The van der Waals surface area contributed by atoms with E-state index < -0.39 is 0 Å². The molecule has 0 radical (unpaired) electrons. The Morgan fingerprint density at radius 3 is 1.82 bits per heavy atom. The Kier molecular flexibility index (Phi) is 7.06. The lowest BCUT2D eigenvalue weighted by molar-refractivity contribution is 0.222. The number of hydrogen-bond acceptors (Lipinski definition) is 2. The van der Waals surface area contributed by atoms with Crippen molar-refractivity contribution in [3.63, 3.8) is 0 Å². The van der Waals surface area contributed by atoms with Crippen molar-refractivity contribution in [3.8, 4) is 28.0 Å². The third-order valence-corrected chi connectivity index (χ3v) is 8.11. The Morgan fingerprint density at radius 1 is 0.579 bits per heavy atom. The molecule has 0 amide bonds. The van der Waals surface area contributed by atoms with Crippen molar-refractivity contribution in [1.82, 2.24) is 0 Å². The fourth-order valence-corrected chi connectivity index (χ4v) is 6.35. The predicted octanol–water partition coefficient (Wildman–Crippen LogP) is 9.84. The molecule has 0 aliphatic heterocycles. The summed E-state index contributed by atoms with van der Waals surface area (Å²) in [6.45, 7) is 2.12. The summed E-state index contributed by atoms with van der Waals surface area (Å²) in [5.74, 6) is 0.907. The zero-order chi connectivity index (χ0) is 25.7. The largest absolute Gasteiger partial charge is 0.490 e. The van der Waals surface area contributed by atoms with E-state index in [1.165, 1.54) is 48.3 Å². The van der Waals surface area contributed by atoms with Crippen LogP contribution in [0.3, 0.4) is 0 Å². The zero-order valence-electron chi connectivity index (χ0n) is 21.5. The van der Waals surface area contributed by atoms with Crippen molar-refractivity contribution in [1.29, 1.82) is 0 Å². The van der Waals surface area contributed by atoms with Crippen LogP contribution in [0.1, 0.15) is 22.9 Å². The Balaban J connectivity index is 1.21. The normalized spacial score (nSPS) is 11.9. The molecule has 0 fully saturated rings. The van der Waals surface area contributed by atoms with Gasteiger partial charge in [-0.3, -0.25) is 0 Å². The number of hydrogen-bond donors (Lipinski definition) is 0. The van der Waals surface area contributed by atoms with Crippen LogP contribution in [0.25, 0.3) is 32.3 Å². The second-order valence-electron chi connectivity index (χ2n) is 9.78. The summed E-state index contributed by atoms with van der Waals surface area (Å²) in [6, 6.07) is 47.5. The average Bonchev–Trinajstić information content (AvgIpc) is 3.32. The second kappa shape index (κ2) is 11.1. The van der Waals surface area contributed by atoms with E-state index in [1.54, 1.807) is 0 Å². The van der Waals surface area contributed by atoms with Gasteiger partial charge in [0.1, 0.15) is 5.75 Å². The maximum Gasteiger partial charge on any atom is 0.119 e. The molecule has 0 spiro atoms. The quantitative estimate of drug-likeness (QED) is 0.198. The molecule has 5 aromatic carbocycles. The predicted molar refractivity (Wildman–Crippen MR) is 162 cm³/mol. The molecule has 2 heteroatoms. The van der Waals surface area contributed by atoms with Gasteiger partial charge < -0.3 is 4.74 Å². The van der Waals surface area contributed by atoms with Gasteiger partial charge >= 0.3 is 0 Å². The van der Waals surface area contributed by atoms with Crippen molar-refractivity contribution >= 4 is 21.4 Å². The lowest BCUT2D eigenvalue weighted by atomic mass is 9.96. The number of ether oxygens (including phenoxy) is 1. The maximum absolute atomic E-state index is 6.18. The van der Waals surface area contributed by atoms with Crippen LogP contribution in [0.4, 0.5) is 0 Å². The van der Waals surface area contributed by atoms with Gasteiger partial charge in [-0.2, -0.15) is 0 Å². The molecular formula is C36H30OS. The number of thiophene rings is 1. The summed E-state index contributed by atoms with van der Waals surface area (Å²) in [7, 11) is 0. The first-order valence-corrected chi connectivity index (χ1v) is 14.0. The molecular weight excluding hydrogens is 480 g/mol. The molecule has 1 unspecified atom stereocenters. The lowest BCUT2D eigenvalue weighted by Crippen LogP contribution is -2.14. The lowest BCUT2D eigenvalue weighted by Gasteiger charge is -2.15. The summed E-state index contributed by atoms with van der Waals surface area (Å²) < 4.78 is 7.52. The molecule has 6 aromatic rings. The van der Waals surface area contributed by atoms with Gasteiger partial charge in [0.25, 0.3) is 0 Å². The van der Waals surface area contributed by atoms with Crippen molar-refractivity contribution < 1.29 is 4.74 Å². The summed E-state index contributed by atoms with van der Waals surface area (Å²) >= 11 is 1.91. The van der Waals surface area contributed by atoms with Gasteiger partial charge in [0.2, 0.25) is 0 Å². The van der Waals surface area contributed by atoms with Crippen LogP contribution >= 0.6 is 11.3 Å². The Morgan fingerprint density at radius 2 is 1.13 bits per heavy atom. The van der Waals surface area contributed by atoms with Gasteiger partial charge in [-0.15, -0.1) is 11.3 Å². The highest BCUT2D eigenvalue weighted by Crippen LogP contribution is 2.40. The minimum absolute atomic E-state index is 0.119. The van der Waals surface area contributed by atoms with Crippen LogP contribution < -0.4 is 4.74 Å². The first-order valence-electron chi connectivity index (χ1n) is 13.2. The molecule has 186 valence electrons. The molecule has 1 atom stereocenters. The van der Waals surface area contributed by atoms with Crippen LogP contribution in [-0.2, 0) is 12.8 Å². The maximum atomic E-state index is 6.18. The molecule has 0 saturated carbocycles. The first-order chi connectivity index (χ1) is 18.7. The van der Waals surface area contributed by atoms with Crippen molar-refractivity contribution in [2.45, 2.75) is 25.9 Å². The highest BCUT2D eigenvalue weighted by Gasteiger charge is 2.15. The van der Waals surface area contributed by atoms with Crippen LogP contribution in [0.2, 0.25) is 0 Å². The van der Waals surface area contributed by atoms with E-state index >= 15 is 0 Å². The third-order valence-electron chi connectivity index (χ3n) is 6.94. The fraction of sp³-hybridized carbons (Fsp3) is 0.111. The minimum Gasteiger partial charge on any atom is -0.490 e. The van der Waals surface area contributed by atoms with E-state index in [-0.39, 0.29) is 6.10 Å². The topological polar surface area (TPSA) is 9.23 Å². The number of fused-ring (bicyclic) bond motifs is 1. The van der Waals surface area contributed by atoms with Gasteiger partial charge in [0.05, 0.1) is 6.10 Å². The Labute approximate surface area is 229 Å². The van der Waals surface area contributed by atoms with Gasteiger partial charge in [-0.1, -0.05) is 115 Å². The molecule has 1 nitrogen and oxygen atoms in total. The molecule has 38 heavy (non-hydrogen) atoms. The molecule has 1 aromatic heterocycles. The molecule has 1 heterocycles. The summed E-state index contributed by atoms with van der Waals surface area (Å²) in [4.78, 5) is 1.41. The third kappa shape index (κ3) is 5.41. The van der Waals surface area contributed by atoms with Crippen LogP contribution in [0.5, 0.6) is 5.75 Å². The van der Waals surface area contributed by atoms with E-state index in [1.807, 2.05) is 17.4 Å². The van der Waals surface area contributed by atoms with E-state index in [0.29, 0.717) is 0 Å². The standard InChI is InChI=1S/C36H30OS/c1-26(24-27-10-4-2-5-11-27)37-32-22-20-30(21-23-32)29-16-18-31(19-17-29)36-33-14-8-9-15-34(33)38-35(36)25-28-12-6-3-7-13-28/h2-23,26H,24-25H2,1H3.